The zero-order valence-corrected chi connectivity index (χ0v) is 36.1. The van der Waals surface area contributed by atoms with Crippen LogP contribution in [0.5, 0.6) is 5.75 Å². The van der Waals surface area contributed by atoms with Gasteiger partial charge in [0.2, 0.25) is 0 Å². The third-order valence-electron chi connectivity index (χ3n) is 11.0. The number of hydrogen-bond acceptors (Lipinski definition) is 3. The maximum atomic E-state index is 11.4. The molecule has 0 saturated carbocycles. The number of aromatic hydroxyl groups is 1. The number of hydrogen-bond donors (Lipinski definition) is 1. The third kappa shape index (κ3) is 7.64. The van der Waals surface area contributed by atoms with Crippen LogP contribution >= 0.6 is 0 Å². The Bertz CT molecular complexity index is 3140. The Morgan fingerprint density at radius 1 is 0.617 bits per heavy atom. The van der Waals surface area contributed by atoms with Gasteiger partial charge < -0.3 is 5.11 Å². The largest absolute Gasteiger partial charge is 0.507 e. The number of fused-ring (bicyclic) bond motifs is 1. The van der Waals surface area contributed by atoms with E-state index in [1.165, 1.54) is 0 Å². The number of para-hydroxylation sites is 2. The first-order valence-corrected chi connectivity index (χ1v) is 20.0. The van der Waals surface area contributed by atoms with Crippen LogP contribution in [0.3, 0.4) is 0 Å². The van der Waals surface area contributed by atoms with E-state index in [1.54, 1.807) is 24.3 Å². The number of benzene rings is 7. The number of phenols is 1. The molecular weight excluding hydrogens is 914 g/mol. The average Bonchev–Trinajstić information content (AvgIpc) is 3.68. The van der Waals surface area contributed by atoms with Crippen molar-refractivity contribution >= 4 is 11.0 Å². The number of nitrogens with zero attached hydrogens (tertiary/aromatic N) is 3. The van der Waals surface area contributed by atoms with Gasteiger partial charge in [-0.15, -0.1) is 23.8 Å². The van der Waals surface area contributed by atoms with E-state index in [2.05, 4.69) is 68.4 Å². The first-order chi connectivity index (χ1) is 30.3. The molecule has 2 heterocycles. The van der Waals surface area contributed by atoms with E-state index < -0.39 is 12.7 Å². The second-order valence-electron chi connectivity index (χ2n) is 15.5. The van der Waals surface area contributed by atoms with Crippen molar-refractivity contribution in [2.45, 2.75) is 46.4 Å². The summed E-state index contributed by atoms with van der Waals surface area (Å²) in [5.74, 6) is -0.409. The van der Waals surface area contributed by atoms with Crippen LogP contribution in [-0.2, 0) is 21.1 Å². The zero-order valence-electron chi connectivity index (χ0n) is 37.8. The van der Waals surface area contributed by atoms with E-state index >= 15 is 0 Å². The topological polar surface area (TPSA) is 50.9 Å². The quantitative estimate of drug-likeness (QED) is 0.147. The van der Waals surface area contributed by atoms with Gasteiger partial charge in [-0.3, -0.25) is 9.55 Å². The summed E-state index contributed by atoms with van der Waals surface area (Å²) in [4.78, 5) is 10.1. The van der Waals surface area contributed by atoms with Gasteiger partial charge in [-0.1, -0.05) is 160 Å². The van der Waals surface area contributed by atoms with Gasteiger partial charge in [-0.05, 0) is 99.6 Å². The van der Waals surface area contributed by atoms with Crippen LogP contribution in [0.25, 0.3) is 83.9 Å². The van der Waals surface area contributed by atoms with Crippen molar-refractivity contribution in [1.82, 2.24) is 14.5 Å². The molecule has 0 spiro atoms. The van der Waals surface area contributed by atoms with Gasteiger partial charge in [0.05, 0.1) is 22.3 Å². The summed E-state index contributed by atoms with van der Waals surface area (Å²) >= 11 is 0. The minimum absolute atomic E-state index is 0. The molecule has 0 amide bonds. The second kappa shape index (κ2) is 17.1. The maximum absolute atomic E-state index is 11.4. The van der Waals surface area contributed by atoms with Crippen LogP contribution in [0.2, 0.25) is 0 Å². The Hall–Kier alpha value is -6.35. The molecule has 0 aliphatic carbocycles. The molecule has 0 aliphatic heterocycles. The Morgan fingerprint density at radius 3 is 2.00 bits per heavy atom. The molecule has 0 saturated heterocycles. The van der Waals surface area contributed by atoms with E-state index in [1.807, 2.05) is 116 Å². The van der Waals surface area contributed by atoms with Crippen molar-refractivity contribution in [3.05, 3.63) is 193 Å². The van der Waals surface area contributed by atoms with Crippen LogP contribution < -0.4 is 0 Å². The molecule has 0 radical (unpaired) electrons. The molecule has 0 fully saturated rings. The van der Waals surface area contributed by atoms with Crippen LogP contribution in [0.1, 0.15) is 61.7 Å². The van der Waals surface area contributed by atoms with Gasteiger partial charge in [0.25, 0.3) is 0 Å². The molecule has 1 N–H and O–H groups in total. The fourth-order valence-electron chi connectivity index (χ4n) is 8.12. The van der Waals surface area contributed by atoms with Crippen molar-refractivity contribution < 1.29 is 31.7 Å². The van der Waals surface area contributed by atoms with Gasteiger partial charge in [-0.25, -0.2) is 4.98 Å². The van der Waals surface area contributed by atoms with Gasteiger partial charge in [0.15, 0.2) is 0 Å². The van der Waals surface area contributed by atoms with Gasteiger partial charge in [-0.2, -0.15) is 0 Å². The monoisotopic (exact) mass is 963 g/mol. The van der Waals surface area contributed by atoms with Crippen molar-refractivity contribution in [2.75, 3.05) is 0 Å². The van der Waals surface area contributed by atoms with Gasteiger partial charge in [0.1, 0.15) is 11.6 Å². The molecule has 5 heteroatoms. The number of phenolic OH excluding ortho intramolecular Hbond substituents is 1. The van der Waals surface area contributed by atoms with Crippen LogP contribution in [0.15, 0.2) is 170 Å². The predicted molar refractivity (Wildman–Crippen MR) is 245 cm³/mol. The van der Waals surface area contributed by atoms with Crippen molar-refractivity contribution in [2.24, 2.45) is 0 Å². The fourth-order valence-corrected chi connectivity index (χ4v) is 8.12. The summed E-state index contributed by atoms with van der Waals surface area (Å²) in [5, 5.41) is 11.4. The number of aryl methyl sites for hydroxylation is 1. The Balaban J connectivity index is 0.00000560. The third-order valence-corrected chi connectivity index (χ3v) is 11.0. The first-order valence-electron chi connectivity index (χ1n) is 22.0. The summed E-state index contributed by atoms with van der Waals surface area (Å²) in [7, 11) is 0. The Kier molecular flexibility index (Phi) is 10.1. The zero-order chi connectivity index (χ0) is 44.0. The van der Waals surface area contributed by atoms with Gasteiger partial charge >= 0.3 is 0 Å². The van der Waals surface area contributed by atoms with Crippen LogP contribution in [0.4, 0.5) is 0 Å². The van der Waals surface area contributed by atoms with Crippen LogP contribution in [0, 0.1) is 12.9 Å². The van der Waals surface area contributed by atoms with E-state index in [0.717, 1.165) is 66.9 Å². The Labute approximate surface area is 373 Å². The summed E-state index contributed by atoms with van der Waals surface area (Å²) < 4.78 is 37.9. The summed E-state index contributed by atoms with van der Waals surface area (Å²) in [5.41, 5.74) is 13.0. The van der Waals surface area contributed by atoms with E-state index in [0.29, 0.717) is 28.1 Å². The minimum Gasteiger partial charge on any atom is -0.507 e. The first kappa shape index (κ1) is 35.6. The van der Waals surface area contributed by atoms with E-state index in [-0.39, 0.29) is 38.3 Å². The van der Waals surface area contributed by atoms with Crippen LogP contribution in [-0.4, -0.2) is 19.6 Å². The van der Waals surface area contributed by atoms with Gasteiger partial charge in [0, 0.05) is 38.4 Å². The fraction of sp³-hybridized carbons (Fsp3) is 0.127. The van der Waals surface area contributed by atoms with Crippen molar-refractivity contribution in [3.8, 4) is 78.6 Å². The number of imidazole rings is 1. The molecule has 0 bridgehead atoms. The van der Waals surface area contributed by atoms with E-state index in [4.69, 9.17) is 15.5 Å². The molecule has 9 aromatic rings. The molecule has 9 rings (SSSR count). The predicted octanol–water partition coefficient (Wildman–Crippen LogP) is 14.5. The van der Waals surface area contributed by atoms with Crippen molar-refractivity contribution in [1.29, 1.82) is 0 Å². The molecule has 0 unspecified atom stereocenters. The van der Waals surface area contributed by atoms with Crippen molar-refractivity contribution in [3.63, 3.8) is 0 Å². The smallest absolute Gasteiger partial charge is 0.148 e. The molecule has 4 nitrogen and oxygen atoms in total. The SMILES string of the molecule is [2H]C([2H])([2H])c1cc(-c2c(C(C)C)cccc2C([2H])(C)C)ccc1-n1c(-c2ccccc2O)nc2c(-c3[c-]c(-c4cc(-c5ccccc5)ccn4)cc(-c4ccccc4)c3)cccc21.[Pt]. The number of pyridine rings is 1. The minimum atomic E-state index is -2.55. The summed E-state index contributed by atoms with van der Waals surface area (Å²) in [6.45, 7) is 5.39. The number of aromatic nitrogens is 3. The molecule has 0 atom stereocenters. The maximum Gasteiger partial charge on any atom is 0.148 e. The molecular formula is C55H46N3OPt-. The molecule has 0 aliphatic rings. The summed E-state index contributed by atoms with van der Waals surface area (Å²) in [6, 6.07) is 56.9. The molecule has 298 valence electrons. The molecule has 60 heavy (non-hydrogen) atoms. The normalized spacial score (nSPS) is 12.7. The number of rotatable bonds is 9. The van der Waals surface area contributed by atoms with E-state index in [9.17, 15) is 5.11 Å². The molecule has 7 aromatic carbocycles. The summed E-state index contributed by atoms with van der Waals surface area (Å²) in [6.07, 6.45) is 1.82. The Morgan fingerprint density at radius 2 is 1.28 bits per heavy atom. The average molecular weight is 964 g/mol. The second-order valence-corrected chi connectivity index (χ2v) is 15.5. The standard InChI is InChI=1S/C55H46N3O.Pt/c1-35(2)45-21-14-22-46(36(3)4)53(45)41-26-27-50(37(5)30-41)58-51-24-15-23-47(54(51)57-55(58)48-20-12-13-25-52(48)59)43-31-42(39-18-10-7-11-19-39)32-44(33-43)49-34-40(28-29-56-49)38-16-8-6-9-17-38;/h6-32,34-36,59H,1-5H3;/q-1;/i5D3,35D;. The molecule has 2 aromatic heterocycles.